The molecule has 1 aromatic heterocycles. The van der Waals surface area contributed by atoms with Gasteiger partial charge >= 0.3 is 0 Å². The quantitative estimate of drug-likeness (QED) is 0.917. The monoisotopic (exact) mass is 280 g/mol. The van der Waals surface area contributed by atoms with E-state index in [1.807, 2.05) is 11.0 Å². The first kappa shape index (κ1) is 13.1. The number of hydrogen-bond acceptors (Lipinski definition) is 4. The zero-order valence-electron chi connectivity index (χ0n) is 11.2. The Bertz CT molecular complexity index is 435. The van der Waals surface area contributed by atoms with Crippen molar-refractivity contribution in [3.8, 4) is 0 Å². The molecule has 5 heteroatoms. The predicted octanol–water partition coefficient (Wildman–Crippen LogP) is 1.99. The highest BCUT2D eigenvalue weighted by Gasteiger charge is 2.37. The van der Waals surface area contributed by atoms with Crippen LogP contribution in [-0.4, -0.2) is 36.6 Å². The molecule has 2 saturated heterocycles. The van der Waals surface area contributed by atoms with Crippen LogP contribution >= 0.6 is 11.3 Å². The Labute approximate surface area is 117 Å². The van der Waals surface area contributed by atoms with Gasteiger partial charge in [0.25, 0.3) is 0 Å². The van der Waals surface area contributed by atoms with E-state index in [1.54, 1.807) is 11.3 Å². The summed E-state index contributed by atoms with van der Waals surface area (Å²) >= 11 is 1.70. The molecule has 3 rings (SSSR count). The van der Waals surface area contributed by atoms with Crippen LogP contribution in [0.2, 0.25) is 0 Å². The van der Waals surface area contributed by atoms with E-state index in [4.69, 9.17) is 4.74 Å². The van der Waals surface area contributed by atoms with Crippen LogP contribution < -0.4 is 5.32 Å². The number of carbonyl (C=O) groups is 1. The van der Waals surface area contributed by atoms with Gasteiger partial charge in [0, 0.05) is 23.9 Å². The molecule has 2 fully saturated rings. The van der Waals surface area contributed by atoms with Gasteiger partial charge in [-0.25, -0.2) is 0 Å². The number of ether oxygens (including phenoxy) is 1. The van der Waals surface area contributed by atoms with E-state index >= 15 is 0 Å². The molecular formula is C14H20N2O2S. The van der Waals surface area contributed by atoms with Crippen molar-refractivity contribution in [3.63, 3.8) is 0 Å². The molecule has 3 atom stereocenters. The predicted molar refractivity (Wildman–Crippen MR) is 74.9 cm³/mol. The second-order valence-electron chi connectivity index (χ2n) is 5.21. The van der Waals surface area contributed by atoms with Crippen molar-refractivity contribution in [1.82, 2.24) is 10.2 Å². The van der Waals surface area contributed by atoms with Crippen LogP contribution in [0.5, 0.6) is 0 Å². The first-order chi connectivity index (χ1) is 9.29. The third-order valence-corrected chi connectivity index (χ3v) is 5.00. The lowest BCUT2D eigenvalue weighted by Crippen LogP contribution is -2.36. The van der Waals surface area contributed by atoms with Crippen molar-refractivity contribution < 1.29 is 9.53 Å². The Morgan fingerprint density at radius 3 is 3.21 bits per heavy atom. The molecule has 4 nitrogen and oxygen atoms in total. The van der Waals surface area contributed by atoms with Gasteiger partial charge < -0.3 is 9.64 Å². The van der Waals surface area contributed by atoms with Crippen LogP contribution in [-0.2, 0) is 9.53 Å². The normalized spacial score (nSPS) is 31.3. The summed E-state index contributed by atoms with van der Waals surface area (Å²) in [6, 6.07) is 4.13. The van der Waals surface area contributed by atoms with E-state index in [0.717, 1.165) is 26.0 Å². The van der Waals surface area contributed by atoms with E-state index in [1.165, 1.54) is 4.88 Å². The first-order valence-corrected chi connectivity index (χ1v) is 7.85. The fraction of sp³-hybridized carbons (Fsp3) is 0.643. The highest BCUT2D eigenvalue weighted by Crippen LogP contribution is 2.31. The summed E-state index contributed by atoms with van der Waals surface area (Å²) in [5, 5.41) is 5.37. The minimum Gasteiger partial charge on any atom is -0.378 e. The zero-order valence-corrected chi connectivity index (χ0v) is 12.0. The molecule has 0 spiro atoms. The van der Waals surface area contributed by atoms with E-state index in [2.05, 4.69) is 23.7 Å². The van der Waals surface area contributed by atoms with Crippen molar-refractivity contribution in [2.45, 2.75) is 32.0 Å². The van der Waals surface area contributed by atoms with Gasteiger partial charge in [-0.15, -0.1) is 11.3 Å². The molecule has 0 aromatic carbocycles. The Morgan fingerprint density at radius 2 is 2.47 bits per heavy atom. The summed E-state index contributed by atoms with van der Waals surface area (Å²) in [5.41, 5.74) is 0. The smallest absolute Gasteiger partial charge is 0.238 e. The summed E-state index contributed by atoms with van der Waals surface area (Å²) < 4.78 is 5.73. The third kappa shape index (κ3) is 2.55. The van der Waals surface area contributed by atoms with Gasteiger partial charge in [-0.05, 0) is 24.3 Å². The van der Waals surface area contributed by atoms with Gasteiger partial charge in [-0.3, -0.25) is 10.1 Å². The minimum absolute atomic E-state index is 0.0607. The Kier molecular flexibility index (Phi) is 3.86. The van der Waals surface area contributed by atoms with Gasteiger partial charge in [0.05, 0.1) is 12.6 Å². The Balaban J connectivity index is 1.72. The average Bonchev–Trinajstić information content (AvgIpc) is 3.12. The van der Waals surface area contributed by atoms with Crippen LogP contribution in [0, 0.1) is 5.92 Å². The van der Waals surface area contributed by atoms with Crippen LogP contribution in [0.4, 0.5) is 0 Å². The maximum atomic E-state index is 12.1. The van der Waals surface area contributed by atoms with Crippen molar-refractivity contribution in [3.05, 3.63) is 22.4 Å². The van der Waals surface area contributed by atoms with Crippen molar-refractivity contribution in [1.29, 1.82) is 0 Å². The van der Waals surface area contributed by atoms with E-state index in [9.17, 15) is 4.79 Å². The minimum atomic E-state index is 0.0607. The summed E-state index contributed by atoms with van der Waals surface area (Å²) in [6.45, 7) is 4.26. The fourth-order valence-corrected chi connectivity index (χ4v) is 3.86. The van der Waals surface area contributed by atoms with Crippen molar-refractivity contribution >= 4 is 17.2 Å². The SMILES string of the molecule is CCC1OCCC1CN1C(=O)CNC1c1cccs1. The molecule has 1 amide bonds. The van der Waals surface area contributed by atoms with E-state index in [0.29, 0.717) is 18.6 Å². The van der Waals surface area contributed by atoms with Crippen LogP contribution in [0.3, 0.4) is 0 Å². The lowest BCUT2D eigenvalue weighted by atomic mass is 9.99. The Hall–Kier alpha value is -0.910. The molecule has 19 heavy (non-hydrogen) atoms. The molecule has 0 radical (unpaired) electrons. The largest absolute Gasteiger partial charge is 0.378 e. The van der Waals surface area contributed by atoms with Gasteiger partial charge in [0.15, 0.2) is 0 Å². The highest BCUT2D eigenvalue weighted by molar-refractivity contribution is 7.10. The van der Waals surface area contributed by atoms with E-state index < -0.39 is 0 Å². The lowest BCUT2D eigenvalue weighted by molar-refractivity contribution is -0.128. The topological polar surface area (TPSA) is 41.6 Å². The summed E-state index contributed by atoms with van der Waals surface area (Å²) in [7, 11) is 0. The number of hydrogen-bond donors (Lipinski definition) is 1. The standard InChI is InChI=1S/C14H20N2O2S/c1-2-11-10(5-6-18-11)9-16-13(17)8-15-14(16)12-4-3-7-19-12/h3-4,7,10-11,14-15H,2,5-6,8-9H2,1H3. The fourth-order valence-electron chi connectivity index (χ4n) is 3.05. The van der Waals surface area contributed by atoms with Gasteiger partial charge in [-0.1, -0.05) is 13.0 Å². The molecule has 1 aromatic rings. The van der Waals surface area contributed by atoms with Gasteiger partial charge in [0.2, 0.25) is 5.91 Å². The number of thiophene rings is 1. The number of carbonyl (C=O) groups excluding carboxylic acids is 1. The zero-order chi connectivity index (χ0) is 13.2. The first-order valence-electron chi connectivity index (χ1n) is 6.97. The Morgan fingerprint density at radius 1 is 1.58 bits per heavy atom. The van der Waals surface area contributed by atoms with Crippen LogP contribution in [0.25, 0.3) is 0 Å². The molecule has 2 aliphatic heterocycles. The summed E-state index contributed by atoms with van der Waals surface area (Å²) in [4.78, 5) is 15.3. The molecule has 0 aliphatic carbocycles. The molecule has 3 unspecified atom stereocenters. The number of nitrogens with zero attached hydrogens (tertiary/aromatic N) is 1. The second-order valence-corrected chi connectivity index (χ2v) is 6.19. The highest BCUT2D eigenvalue weighted by atomic mass is 32.1. The molecular weight excluding hydrogens is 260 g/mol. The summed E-state index contributed by atoms with van der Waals surface area (Å²) in [6.07, 6.45) is 2.48. The maximum Gasteiger partial charge on any atom is 0.238 e. The number of rotatable bonds is 4. The van der Waals surface area contributed by atoms with Gasteiger partial charge in [-0.2, -0.15) is 0 Å². The number of amides is 1. The lowest BCUT2D eigenvalue weighted by Gasteiger charge is -2.28. The number of nitrogens with one attached hydrogen (secondary N) is 1. The third-order valence-electron chi connectivity index (χ3n) is 4.07. The molecule has 2 aliphatic rings. The van der Waals surface area contributed by atoms with E-state index in [-0.39, 0.29) is 12.1 Å². The average molecular weight is 280 g/mol. The van der Waals surface area contributed by atoms with Gasteiger partial charge in [0.1, 0.15) is 6.17 Å². The molecule has 0 bridgehead atoms. The molecule has 0 saturated carbocycles. The maximum absolute atomic E-state index is 12.1. The van der Waals surface area contributed by atoms with Crippen LogP contribution in [0.15, 0.2) is 17.5 Å². The van der Waals surface area contributed by atoms with Crippen molar-refractivity contribution in [2.24, 2.45) is 5.92 Å². The molecule has 104 valence electrons. The van der Waals surface area contributed by atoms with Crippen LogP contribution in [0.1, 0.15) is 30.8 Å². The molecule has 3 heterocycles. The van der Waals surface area contributed by atoms with Crippen molar-refractivity contribution in [2.75, 3.05) is 19.7 Å². The second kappa shape index (κ2) is 5.61. The summed E-state index contributed by atoms with van der Waals surface area (Å²) in [5.74, 6) is 0.691. The molecule has 1 N–H and O–H groups in total.